The van der Waals surface area contributed by atoms with E-state index in [0.717, 1.165) is 18.9 Å². The summed E-state index contributed by atoms with van der Waals surface area (Å²) in [6.45, 7) is 0.805. The van der Waals surface area contributed by atoms with Gasteiger partial charge in [0.15, 0.2) is 24.6 Å². The molecule has 0 bridgehead atoms. The summed E-state index contributed by atoms with van der Waals surface area (Å²) >= 11 is 0. The number of carboxylic acid groups (broad SMARTS) is 1. The topological polar surface area (TPSA) is 98.9 Å². The van der Waals surface area contributed by atoms with Crippen LogP contribution in [0.5, 0.6) is 5.75 Å². The predicted molar refractivity (Wildman–Crippen MR) is 131 cm³/mol. The van der Waals surface area contributed by atoms with E-state index >= 15 is 4.39 Å². The molecule has 1 amide bonds. The molecule has 4 heterocycles. The number of rotatable bonds is 6. The average molecular weight is 553 g/mol. The van der Waals surface area contributed by atoms with Gasteiger partial charge in [-0.3, -0.25) is 4.98 Å². The Hall–Kier alpha value is -3.45. The van der Waals surface area contributed by atoms with Crippen molar-refractivity contribution < 1.29 is 41.7 Å². The van der Waals surface area contributed by atoms with E-state index in [4.69, 9.17) is 14.2 Å². The first-order valence-electron chi connectivity index (χ1n) is 12.7. The Kier molecular flexibility index (Phi) is 7.63. The molecule has 0 saturated carbocycles. The molecule has 2 aliphatic rings. The fourth-order valence-electron chi connectivity index (χ4n) is 5.13. The Morgan fingerprint density at radius 3 is 2.59 bits per heavy atom. The molecule has 0 radical (unpaired) electrons. The number of halogens is 4. The van der Waals surface area contributed by atoms with Crippen molar-refractivity contribution in [2.24, 2.45) is 0 Å². The standard InChI is InChI=1S/C26H28F4N4O5/c1-37-14-39-21-11-16(26(28,29)30)10-17(23(21)27)24-18-13-31-19(15-5-7-33(8-6-15)25(35)36)12-20(18)34(32-24)22-4-2-3-9-38-22/h10-13,15,22H,2-9,14H2,1H3,(H,35,36). The first-order chi connectivity index (χ1) is 18.7. The number of fused-ring (bicyclic) bond motifs is 1. The second kappa shape index (κ2) is 11.0. The van der Waals surface area contributed by atoms with Crippen molar-refractivity contribution >= 4 is 17.0 Å². The number of benzene rings is 1. The molecule has 5 rings (SSSR count). The third-order valence-corrected chi connectivity index (χ3v) is 7.18. The molecule has 1 unspecified atom stereocenters. The summed E-state index contributed by atoms with van der Waals surface area (Å²) in [5.41, 5.74) is -0.204. The van der Waals surface area contributed by atoms with Crippen LogP contribution >= 0.6 is 0 Å². The summed E-state index contributed by atoms with van der Waals surface area (Å²) < 4.78 is 74.3. The minimum atomic E-state index is -4.76. The van der Waals surface area contributed by atoms with Crippen molar-refractivity contribution in [3.8, 4) is 17.0 Å². The van der Waals surface area contributed by atoms with E-state index in [1.165, 1.54) is 18.2 Å². The normalized spacial score (nSPS) is 19.0. The van der Waals surface area contributed by atoms with Gasteiger partial charge in [-0.15, -0.1) is 0 Å². The van der Waals surface area contributed by atoms with Gasteiger partial charge in [-0.25, -0.2) is 13.9 Å². The third kappa shape index (κ3) is 5.50. The number of amides is 1. The Morgan fingerprint density at radius 1 is 1.18 bits per heavy atom. The van der Waals surface area contributed by atoms with Crippen LogP contribution < -0.4 is 4.74 Å². The second-order valence-corrected chi connectivity index (χ2v) is 9.67. The molecule has 1 N–H and O–H groups in total. The summed E-state index contributed by atoms with van der Waals surface area (Å²) in [6, 6.07) is 3.12. The number of aromatic nitrogens is 3. The predicted octanol–water partition coefficient (Wildman–Crippen LogP) is 5.80. The fraction of sp³-hybridized carbons (Fsp3) is 0.500. The maximum atomic E-state index is 15.6. The lowest BCUT2D eigenvalue weighted by atomic mass is 9.92. The van der Waals surface area contributed by atoms with E-state index in [-0.39, 0.29) is 17.2 Å². The lowest BCUT2D eigenvalue weighted by Gasteiger charge is -2.29. The molecule has 0 spiro atoms. The highest BCUT2D eigenvalue weighted by Gasteiger charge is 2.34. The van der Waals surface area contributed by atoms with Gasteiger partial charge in [0.2, 0.25) is 0 Å². The van der Waals surface area contributed by atoms with Crippen molar-refractivity contribution in [2.75, 3.05) is 33.6 Å². The molecule has 2 aromatic heterocycles. The molecule has 2 fully saturated rings. The molecule has 0 aliphatic carbocycles. The Balaban J connectivity index is 1.62. The van der Waals surface area contributed by atoms with E-state index in [9.17, 15) is 23.1 Å². The number of ether oxygens (including phenoxy) is 3. The molecule has 3 aromatic rings. The fourth-order valence-corrected chi connectivity index (χ4v) is 5.13. The number of alkyl halides is 3. The highest BCUT2D eigenvalue weighted by molar-refractivity contribution is 5.93. The Labute approximate surface area is 221 Å². The summed E-state index contributed by atoms with van der Waals surface area (Å²) in [5, 5.41) is 14.2. The maximum Gasteiger partial charge on any atom is 0.416 e. The van der Waals surface area contributed by atoms with Gasteiger partial charge < -0.3 is 24.2 Å². The number of likely N-dealkylation sites (tertiary alicyclic amines) is 1. The van der Waals surface area contributed by atoms with Gasteiger partial charge in [-0.2, -0.15) is 18.3 Å². The van der Waals surface area contributed by atoms with E-state index in [0.29, 0.717) is 61.6 Å². The quantitative estimate of drug-likeness (QED) is 0.305. The molecule has 39 heavy (non-hydrogen) atoms. The number of pyridine rings is 1. The highest BCUT2D eigenvalue weighted by atomic mass is 19.4. The van der Waals surface area contributed by atoms with E-state index in [2.05, 4.69) is 10.1 Å². The molecule has 1 atom stereocenters. The van der Waals surface area contributed by atoms with Gasteiger partial charge in [-0.05, 0) is 50.3 Å². The van der Waals surface area contributed by atoms with Crippen LogP contribution in [-0.4, -0.2) is 64.5 Å². The second-order valence-electron chi connectivity index (χ2n) is 9.67. The maximum absolute atomic E-state index is 15.6. The van der Waals surface area contributed by atoms with Gasteiger partial charge in [-0.1, -0.05) is 0 Å². The molecule has 210 valence electrons. The molecule has 2 aliphatic heterocycles. The number of hydrogen-bond donors (Lipinski definition) is 1. The molecular formula is C26H28F4N4O5. The molecule has 13 heteroatoms. The molecule has 2 saturated heterocycles. The van der Waals surface area contributed by atoms with E-state index < -0.39 is 42.4 Å². The van der Waals surface area contributed by atoms with Gasteiger partial charge in [0.05, 0.1) is 11.1 Å². The Bertz CT molecular complexity index is 1350. The number of carbonyl (C=O) groups is 1. The van der Waals surface area contributed by atoms with Gasteiger partial charge in [0.1, 0.15) is 5.69 Å². The zero-order valence-corrected chi connectivity index (χ0v) is 21.2. The summed E-state index contributed by atoms with van der Waals surface area (Å²) in [5.74, 6) is -1.61. The zero-order chi connectivity index (χ0) is 27.7. The van der Waals surface area contributed by atoms with E-state index in [1.807, 2.05) is 0 Å². The van der Waals surface area contributed by atoms with Crippen molar-refractivity contribution in [2.45, 2.75) is 50.4 Å². The summed E-state index contributed by atoms with van der Waals surface area (Å²) in [4.78, 5) is 17.2. The third-order valence-electron chi connectivity index (χ3n) is 7.18. The van der Waals surface area contributed by atoms with Gasteiger partial charge in [0, 0.05) is 55.6 Å². The van der Waals surface area contributed by atoms with Crippen LogP contribution in [0.4, 0.5) is 22.4 Å². The molecular weight excluding hydrogens is 524 g/mol. The largest absolute Gasteiger partial charge is 0.465 e. The minimum absolute atomic E-state index is 0.00946. The van der Waals surface area contributed by atoms with Crippen LogP contribution in [0.15, 0.2) is 24.4 Å². The molecule has 9 nitrogen and oxygen atoms in total. The van der Waals surface area contributed by atoms with Crippen molar-refractivity contribution in [1.82, 2.24) is 19.7 Å². The SMILES string of the molecule is COCOc1cc(C(F)(F)F)cc(-c2nn(C3CCCCO3)c3cc(C4CCN(C(=O)O)CC4)ncc23)c1F. The van der Waals surface area contributed by atoms with Crippen molar-refractivity contribution in [1.29, 1.82) is 0 Å². The smallest absolute Gasteiger partial charge is 0.416 e. The van der Waals surface area contributed by atoms with Gasteiger partial charge in [0.25, 0.3) is 0 Å². The Morgan fingerprint density at radius 2 is 1.95 bits per heavy atom. The minimum Gasteiger partial charge on any atom is -0.465 e. The van der Waals surface area contributed by atoms with Crippen LogP contribution in [0.2, 0.25) is 0 Å². The lowest BCUT2D eigenvalue weighted by molar-refractivity contribution is -0.137. The highest BCUT2D eigenvalue weighted by Crippen LogP contribution is 2.41. The average Bonchev–Trinajstić information content (AvgIpc) is 3.31. The number of piperidine rings is 1. The van der Waals surface area contributed by atoms with Crippen LogP contribution in [0.3, 0.4) is 0 Å². The van der Waals surface area contributed by atoms with Crippen molar-refractivity contribution in [3.05, 3.63) is 41.5 Å². The number of methoxy groups -OCH3 is 1. The van der Waals surface area contributed by atoms with Crippen LogP contribution in [0, 0.1) is 5.82 Å². The van der Waals surface area contributed by atoms with Gasteiger partial charge >= 0.3 is 12.3 Å². The summed E-state index contributed by atoms with van der Waals surface area (Å²) in [6.07, 6.45) is -1.16. The monoisotopic (exact) mass is 552 g/mol. The first-order valence-corrected chi connectivity index (χ1v) is 12.7. The van der Waals surface area contributed by atoms with Crippen LogP contribution in [0.1, 0.15) is 55.5 Å². The number of hydrogen-bond acceptors (Lipinski definition) is 6. The molecule has 1 aromatic carbocycles. The van der Waals surface area contributed by atoms with Crippen LogP contribution in [0.25, 0.3) is 22.2 Å². The lowest BCUT2D eigenvalue weighted by Crippen LogP contribution is -2.36. The first kappa shape index (κ1) is 27.1. The van der Waals surface area contributed by atoms with Crippen LogP contribution in [-0.2, 0) is 15.7 Å². The van der Waals surface area contributed by atoms with Crippen molar-refractivity contribution in [3.63, 3.8) is 0 Å². The number of nitrogens with zero attached hydrogens (tertiary/aromatic N) is 4. The summed E-state index contributed by atoms with van der Waals surface area (Å²) in [7, 11) is 1.28. The zero-order valence-electron chi connectivity index (χ0n) is 21.2. The van der Waals surface area contributed by atoms with E-state index in [1.54, 1.807) is 10.7 Å².